The minimum Gasteiger partial charge on any atom is -0.480 e. The van der Waals surface area contributed by atoms with Crippen LogP contribution in [0.3, 0.4) is 0 Å². The van der Waals surface area contributed by atoms with Crippen LogP contribution in [0.1, 0.15) is 19.3 Å². The van der Waals surface area contributed by atoms with Gasteiger partial charge in [-0.15, -0.1) is 0 Å². The molecule has 0 amide bonds. The van der Waals surface area contributed by atoms with Crippen LogP contribution in [0.2, 0.25) is 0 Å². The summed E-state index contributed by atoms with van der Waals surface area (Å²) < 4.78 is 0. The first-order valence-corrected chi connectivity index (χ1v) is 4.98. The minimum atomic E-state index is -2.89. The van der Waals surface area contributed by atoms with Gasteiger partial charge in [0.25, 0.3) is 0 Å². The van der Waals surface area contributed by atoms with E-state index in [2.05, 4.69) is 0 Å². The first kappa shape index (κ1) is 13.9. The Balaban J connectivity index is 3.61. The molecule has 0 aliphatic heterocycles. The van der Waals surface area contributed by atoms with Crippen LogP contribution in [-0.4, -0.2) is 44.3 Å². The van der Waals surface area contributed by atoms with E-state index >= 15 is 0 Å². The Morgan fingerprint density at radius 2 is 1.17 bits per heavy atom. The molecule has 0 heterocycles. The molecular weight excluding hydrogens is 248 g/mol. The second-order valence-electron chi connectivity index (χ2n) is 4.06. The zero-order valence-electron chi connectivity index (χ0n) is 9.12. The van der Waals surface area contributed by atoms with Gasteiger partial charge in [-0.1, -0.05) is 0 Å². The number of carbonyl (C=O) groups is 4. The monoisotopic (exact) mass is 259 g/mol. The molecule has 8 nitrogen and oxygen atoms in total. The molecule has 0 aromatic carbocycles. The Kier molecular flexibility index (Phi) is 3.32. The highest BCUT2D eigenvalue weighted by atomic mass is 16.4. The number of hydrogen-bond donors (Lipinski definition) is 4. The smallest absolute Gasteiger partial charge is 0.322 e. The summed E-state index contributed by atoms with van der Waals surface area (Å²) in [5, 5.41) is 36.3. The predicted molar refractivity (Wildman–Crippen MR) is 53.6 cm³/mol. The number of hydrogen-bond acceptors (Lipinski definition) is 4. The molecule has 18 heavy (non-hydrogen) atoms. The third-order valence-electron chi connectivity index (χ3n) is 3.36. The number of carboxylic acids is 4. The topological polar surface area (TPSA) is 149 Å². The highest BCUT2D eigenvalue weighted by Crippen LogP contribution is 2.51. The van der Waals surface area contributed by atoms with Crippen LogP contribution in [0.25, 0.3) is 0 Å². The van der Waals surface area contributed by atoms with Gasteiger partial charge in [-0.05, 0) is 25.7 Å². The summed E-state index contributed by atoms with van der Waals surface area (Å²) in [4.78, 5) is 44.9. The molecule has 1 fully saturated rings. The van der Waals surface area contributed by atoms with E-state index < -0.39 is 47.5 Å². The van der Waals surface area contributed by atoms with Gasteiger partial charge >= 0.3 is 23.9 Å². The molecule has 1 saturated carbocycles. The Hall–Kier alpha value is -2.12. The van der Waals surface area contributed by atoms with E-state index in [1.807, 2.05) is 0 Å². The quantitative estimate of drug-likeness (QED) is 0.502. The molecule has 0 saturated heterocycles. The average Bonchev–Trinajstić information content (AvgIpc) is 2.27. The largest absolute Gasteiger partial charge is 0.480 e. The first-order valence-electron chi connectivity index (χ1n) is 4.98. The van der Waals surface area contributed by atoms with Gasteiger partial charge in [0.2, 0.25) is 0 Å². The maximum Gasteiger partial charge on any atom is 0.322 e. The van der Waals surface area contributed by atoms with Gasteiger partial charge in [0.15, 0.2) is 10.8 Å². The molecule has 0 aromatic heterocycles. The van der Waals surface area contributed by atoms with Gasteiger partial charge in [-0.3, -0.25) is 19.2 Å². The molecular formula is C10H11O8. The van der Waals surface area contributed by atoms with Crippen LogP contribution in [0.5, 0.6) is 0 Å². The van der Waals surface area contributed by atoms with E-state index in [-0.39, 0.29) is 6.42 Å². The van der Waals surface area contributed by atoms with Crippen molar-refractivity contribution < 1.29 is 39.6 Å². The van der Waals surface area contributed by atoms with Crippen LogP contribution in [0.15, 0.2) is 0 Å². The molecule has 0 atom stereocenters. The van der Waals surface area contributed by atoms with Crippen molar-refractivity contribution in [2.75, 3.05) is 0 Å². The van der Waals surface area contributed by atoms with E-state index in [4.69, 9.17) is 20.4 Å². The third kappa shape index (κ3) is 1.45. The van der Waals surface area contributed by atoms with Crippen LogP contribution in [0, 0.1) is 17.3 Å². The lowest BCUT2D eigenvalue weighted by atomic mass is 9.55. The van der Waals surface area contributed by atoms with Gasteiger partial charge in [-0.25, -0.2) is 0 Å². The Morgan fingerprint density at radius 1 is 0.778 bits per heavy atom. The molecule has 1 rings (SSSR count). The van der Waals surface area contributed by atoms with E-state index in [1.54, 1.807) is 0 Å². The lowest BCUT2D eigenvalue weighted by Crippen LogP contribution is -2.62. The van der Waals surface area contributed by atoms with Crippen molar-refractivity contribution in [1.29, 1.82) is 0 Å². The number of carboxylic acid groups (broad SMARTS) is 4. The van der Waals surface area contributed by atoms with Crippen LogP contribution in [0.4, 0.5) is 0 Å². The van der Waals surface area contributed by atoms with E-state index in [9.17, 15) is 19.2 Å². The fourth-order valence-electron chi connectivity index (χ4n) is 2.33. The van der Waals surface area contributed by atoms with E-state index in [0.29, 0.717) is 0 Å². The maximum atomic E-state index is 11.2. The average molecular weight is 259 g/mol. The van der Waals surface area contributed by atoms with Crippen LogP contribution >= 0.6 is 0 Å². The summed E-state index contributed by atoms with van der Waals surface area (Å²) in [6.45, 7) is 0. The van der Waals surface area contributed by atoms with Gasteiger partial charge in [0, 0.05) is 0 Å². The third-order valence-corrected chi connectivity index (χ3v) is 3.36. The Labute approximate surface area is 101 Å². The highest BCUT2D eigenvalue weighted by Gasteiger charge is 2.71. The fourth-order valence-corrected chi connectivity index (χ4v) is 2.33. The second kappa shape index (κ2) is 4.28. The number of aliphatic carboxylic acids is 4. The number of rotatable bonds is 4. The van der Waals surface area contributed by atoms with Crippen molar-refractivity contribution in [3.63, 3.8) is 0 Å². The minimum absolute atomic E-state index is 0.0287. The van der Waals surface area contributed by atoms with Crippen molar-refractivity contribution in [3.8, 4) is 0 Å². The summed E-state index contributed by atoms with van der Waals surface area (Å²) in [5.74, 6) is -7.83. The van der Waals surface area contributed by atoms with Crippen molar-refractivity contribution in [3.05, 3.63) is 6.42 Å². The van der Waals surface area contributed by atoms with Gasteiger partial charge in [0.1, 0.15) is 0 Å². The Bertz CT molecular complexity index is 356. The molecule has 0 spiro atoms. The molecule has 1 aliphatic carbocycles. The van der Waals surface area contributed by atoms with Gasteiger partial charge in [0.05, 0.1) is 0 Å². The SMILES string of the molecule is O=C(O)C1(C(=O)O)C[CH]CCC1(C(=O)O)C(=O)O. The summed E-state index contributed by atoms with van der Waals surface area (Å²) in [6.07, 6.45) is 0.0970. The highest BCUT2D eigenvalue weighted by molar-refractivity contribution is 6.13. The van der Waals surface area contributed by atoms with Crippen molar-refractivity contribution >= 4 is 23.9 Å². The standard InChI is InChI=1S/C10H11O8/c11-5(12)9(6(13)14)3-1-2-4-10(9,7(15)16)8(17)18/h1H,2-4H2,(H,11,12)(H,13,14)(H,15,16)(H,17,18). The predicted octanol–water partition coefficient (Wildman–Crippen LogP) is -0.314. The molecule has 4 N–H and O–H groups in total. The molecule has 0 bridgehead atoms. The lowest BCUT2D eigenvalue weighted by Gasteiger charge is -2.41. The summed E-state index contributed by atoms with van der Waals surface area (Å²) in [5.41, 5.74) is -5.75. The zero-order valence-corrected chi connectivity index (χ0v) is 9.12. The summed E-state index contributed by atoms with van der Waals surface area (Å²) >= 11 is 0. The van der Waals surface area contributed by atoms with Crippen LogP contribution in [-0.2, 0) is 19.2 Å². The van der Waals surface area contributed by atoms with E-state index in [0.717, 1.165) is 0 Å². The van der Waals surface area contributed by atoms with Crippen LogP contribution < -0.4 is 0 Å². The molecule has 99 valence electrons. The molecule has 0 unspecified atom stereocenters. The van der Waals surface area contributed by atoms with Crippen molar-refractivity contribution in [1.82, 2.24) is 0 Å². The van der Waals surface area contributed by atoms with Crippen molar-refractivity contribution in [2.24, 2.45) is 10.8 Å². The second-order valence-corrected chi connectivity index (χ2v) is 4.06. The maximum absolute atomic E-state index is 11.2. The lowest BCUT2D eigenvalue weighted by molar-refractivity contribution is -0.198. The zero-order chi connectivity index (χ0) is 14.1. The fraction of sp³-hybridized carbons (Fsp3) is 0.500. The Morgan fingerprint density at radius 3 is 1.44 bits per heavy atom. The molecule has 1 radical (unpaired) electrons. The summed E-state index contributed by atoms with van der Waals surface area (Å²) in [6, 6.07) is 0. The molecule has 0 aromatic rings. The molecule has 1 aliphatic rings. The van der Waals surface area contributed by atoms with Gasteiger partial charge < -0.3 is 20.4 Å². The summed E-state index contributed by atoms with van der Waals surface area (Å²) in [7, 11) is 0. The first-order chi connectivity index (χ1) is 8.23. The van der Waals surface area contributed by atoms with Crippen molar-refractivity contribution in [2.45, 2.75) is 19.3 Å². The van der Waals surface area contributed by atoms with E-state index in [1.165, 1.54) is 6.42 Å². The molecule has 8 heteroatoms. The normalized spacial score (nSPS) is 20.9. The van der Waals surface area contributed by atoms with Gasteiger partial charge in [-0.2, -0.15) is 0 Å².